The first-order valence-electron chi connectivity index (χ1n) is 3.86. The molecule has 0 aliphatic heterocycles. The highest BCUT2D eigenvalue weighted by Gasteiger charge is 2.17. The van der Waals surface area contributed by atoms with E-state index in [2.05, 4.69) is 5.32 Å². The predicted molar refractivity (Wildman–Crippen MR) is 44.9 cm³/mol. The minimum atomic E-state index is -1.13. The average Bonchev–Trinajstić information content (AvgIpc) is 2.02. The maximum Gasteiger partial charge on any atom is 0.305 e. The molecule has 0 aromatic heterocycles. The van der Waals surface area contributed by atoms with Crippen LogP contribution < -0.4 is 11.1 Å². The molecular formula is C7H14N2O4. The van der Waals surface area contributed by atoms with Gasteiger partial charge in [0.2, 0.25) is 5.91 Å². The van der Waals surface area contributed by atoms with E-state index in [4.69, 9.17) is 15.9 Å². The second-order valence-corrected chi connectivity index (χ2v) is 2.80. The van der Waals surface area contributed by atoms with Crippen LogP contribution in [0.1, 0.15) is 13.3 Å². The summed E-state index contributed by atoms with van der Waals surface area (Å²) < 4.78 is 0. The van der Waals surface area contributed by atoms with Crippen LogP contribution in [0.2, 0.25) is 0 Å². The molecule has 0 bridgehead atoms. The minimum absolute atomic E-state index is 0.203. The van der Waals surface area contributed by atoms with Crippen LogP contribution in [-0.4, -0.2) is 40.8 Å². The van der Waals surface area contributed by atoms with Crippen molar-refractivity contribution in [3.63, 3.8) is 0 Å². The van der Waals surface area contributed by atoms with E-state index < -0.39 is 30.4 Å². The molecule has 1 amide bonds. The van der Waals surface area contributed by atoms with Gasteiger partial charge in [-0.3, -0.25) is 9.59 Å². The number of carboxylic acids is 1. The average molecular weight is 190 g/mol. The Morgan fingerprint density at radius 2 is 2.08 bits per heavy atom. The Hall–Kier alpha value is -1.14. The second kappa shape index (κ2) is 5.50. The lowest BCUT2D eigenvalue weighted by atomic mass is 10.2. The zero-order valence-corrected chi connectivity index (χ0v) is 7.36. The number of aliphatic carboxylic acids is 1. The zero-order valence-electron chi connectivity index (χ0n) is 7.36. The van der Waals surface area contributed by atoms with Gasteiger partial charge in [-0.1, -0.05) is 0 Å². The molecule has 0 aliphatic rings. The first kappa shape index (κ1) is 11.9. The number of carboxylic acid groups (broad SMARTS) is 1. The minimum Gasteiger partial charge on any atom is -0.481 e. The Morgan fingerprint density at radius 1 is 1.54 bits per heavy atom. The SMILES string of the molecule is CC(CO)NC(=O)[C@@H](N)CC(=O)O. The fraction of sp³-hybridized carbons (Fsp3) is 0.714. The van der Waals surface area contributed by atoms with Crippen molar-refractivity contribution < 1.29 is 19.8 Å². The Kier molecular flexibility index (Phi) is 5.01. The highest BCUT2D eigenvalue weighted by molar-refractivity contribution is 5.86. The fourth-order valence-electron chi connectivity index (χ4n) is 0.676. The molecule has 1 unspecified atom stereocenters. The largest absolute Gasteiger partial charge is 0.481 e. The van der Waals surface area contributed by atoms with Crippen LogP contribution >= 0.6 is 0 Å². The molecule has 5 N–H and O–H groups in total. The molecule has 0 aromatic rings. The highest BCUT2D eigenvalue weighted by atomic mass is 16.4. The van der Waals surface area contributed by atoms with Gasteiger partial charge in [-0.2, -0.15) is 0 Å². The van der Waals surface area contributed by atoms with Crippen LogP contribution in [0.15, 0.2) is 0 Å². The lowest BCUT2D eigenvalue weighted by Gasteiger charge is -2.14. The first-order chi connectivity index (χ1) is 5.97. The van der Waals surface area contributed by atoms with Crippen LogP contribution in [0, 0.1) is 0 Å². The van der Waals surface area contributed by atoms with Crippen LogP contribution in [0.5, 0.6) is 0 Å². The van der Waals surface area contributed by atoms with Gasteiger partial charge < -0.3 is 21.3 Å². The lowest BCUT2D eigenvalue weighted by Crippen LogP contribution is -2.46. The van der Waals surface area contributed by atoms with E-state index in [9.17, 15) is 9.59 Å². The molecule has 0 radical (unpaired) electrons. The summed E-state index contributed by atoms with van der Waals surface area (Å²) in [5.41, 5.74) is 5.25. The molecule has 76 valence electrons. The molecule has 0 spiro atoms. The summed E-state index contributed by atoms with van der Waals surface area (Å²) >= 11 is 0. The van der Waals surface area contributed by atoms with Crippen LogP contribution in [-0.2, 0) is 9.59 Å². The third-order valence-electron chi connectivity index (χ3n) is 1.39. The summed E-state index contributed by atoms with van der Waals surface area (Å²) in [6.07, 6.45) is -0.413. The number of rotatable bonds is 5. The van der Waals surface area contributed by atoms with Gasteiger partial charge in [-0.25, -0.2) is 0 Å². The maximum absolute atomic E-state index is 11.0. The monoisotopic (exact) mass is 190 g/mol. The van der Waals surface area contributed by atoms with Crippen molar-refractivity contribution in [2.24, 2.45) is 5.73 Å². The number of carbonyl (C=O) groups excluding carboxylic acids is 1. The lowest BCUT2D eigenvalue weighted by molar-refractivity contribution is -0.139. The van der Waals surface area contributed by atoms with Gasteiger partial charge in [-0.05, 0) is 6.92 Å². The summed E-state index contributed by atoms with van der Waals surface area (Å²) in [4.78, 5) is 21.2. The molecule has 0 heterocycles. The van der Waals surface area contributed by atoms with Crippen molar-refractivity contribution in [2.45, 2.75) is 25.4 Å². The number of nitrogens with one attached hydrogen (secondary N) is 1. The summed E-state index contributed by atoms with van der Waals surface area (Å²) in [5, 5.41) is 19.2. The molecule has 6 heteroatoms. The molecule has 0 aromatic carbocycles. The van der Waals surface area contributed by atoms with Crippen LogP contribution in [0.25, 0.3) is 0 Å². The number of aliphatic hydroxyl groups is 1. The van der Waals surface area contributed by atoms with Gasteiger partial charge in [0.05, 0.1) is 19.1 Å². The van der Waals surface area contributed by atoms with Gasteiger partial charge in [0.25, 0.3) is 0 Å². The number of nitrogens with two attached hydrogens (primary N) is 1. The van der Waals surface area contributed by atoms with E-state index in [0.29, 0.717) is 0 Å². The van der Waals surface area contributed by atoms with E-state index in [0.717, 1.165) is 0 Å². The predicted octanol–water partition coefficient (Wildman–Crippen LogP) is -1.71. The molecule has 0 fully saturated rings. The van der Waals surface area contributed by atoms with Crippen molar-refractivity contribution in [1.82, 2.24) is 5.32 Å². The van der Waals surface area contributed by atoms with Crippen molar-refractivity contribution in [3.05, 3.63) is 0 Å². The Morgan fingerprint density at radius 3 is 2.46 bits per heavy atom. The molecule has 0 rings (SSSR count). The Labute approximate surface area is 75.7 Å². The van der Waals surface area contributed by atoms with Gasteiger partial charge in [-0.15, -0.1) is 0 Å². The van der Waals surface area contributed by atoms with E-state index in [1.54, 1.807) is 6.92 Å². The van der Waals surface area contributed by atoms with Gasteiger partial charge in [0, 0.05) is 6.04 Å². The molecule has 0 saturated carbocycles. The van der Waals surface area contributed by atoms with Gasteiger partial charge in [0.1, 0.15) is 0 Å². The van der Waals surface area contributed by atoms with Crippen LogP contribution in [0.3, 0.4) is 0 Å². The van der Waals surface area contributed by atoms with E-state index in [1.165, 1.54) is 0 Å². The van der Waals surface area contributed by atoms with Crippen molar-refractivity contribution in [3.8, 4) is 0 Å². The third-order valence-corrected chi connectivity index (χ3v) is 1.39. The molecule has 13 heavy (non-hydrogen) atoms. The number of amides is 1. The topological polar surface area (TPSA) is 113 Å². The second-order valence-electron chi connectivity index (χ2n) is 2.80. The number of carbonyl (C=O) groups is 2. The zero-order chi connectivity index (χ0) is 10.4. The normalized spacial score (nSPS) is 14.7. The third kappa shape index (κ3) is 5.15. The summed E-state index contributed by atoms with van der Waals surface area (Å²) in [7, 11) is 0. The molecule has 0 aliphatic carbocycles. The van der Waals surface area contributed by atoms with E-state index in [1.807, 2.05) is 0 Å². The number of hydrogen-bond acceptors (Lipinski definition) is 4. The van der Waals surface area contributed by atoms with Gasteiger partial charge >= 0.3 is 5.97 Å². The maximum atomic E-state index is 11.0. The Bertz CT molecular complexity index is 195. The van der Waals surface area contributed by atoms with Gasteiger partial charge in [0.15, 0.2) is 0 Å². The smallest absolute Gasteiger partial charge is 0.305 e. The van der Waals surface area contributed by atoms with Crippen molar-refractivity contribution in [1.29, 1.82) is 0 Å². The number of hydrogen-bond donors (Lipinski definition) is 4. The van der Waals surface area contributed by atoms with Crippen molar-refractivity contribution in [2.75, 3.05) is 6.61 Å². The Balaban J connectivity index is 3.89. The van der Waals surface area contributed by atoms with Crippen molar-refractivity contribution >= 4 is 11.9 Å². The number of aliphatic hydroxyl groups excluding tert-OH is 1. The quantitative estimate of drug-likeness (QED) is 0.412. The summed E-state index contributed by atoms with van der Waals surface area (Å²) in [6.45, 7) is 1.39. The molecular weight excluding hydrogens is 176 g/mol. The van der Waals surface area contributed by atoms with E-state index in [-0.39, 0.29) is 6.61 Å². The highest BCUT2D eigenvalue weighted by Crippen LogP contribution is 1.89. The summed E-state index contributed by atoms with van der Waals surface area (Å²) in [5.74, 6) is -1.69. The molecule has 0 saturated heterocycles. The van der Waals surface area contributed by atoms with E-state index >= 15 is 0 Å². The van der Waals surface area contributed by atoms with Crippen LogP contribution in [0.4, 0.5) is 0 Å². The standard InChI is InChI=1S/C7H14N2O4/c1-4(3-10)9-7(13)5(8)2-6(11)12/h4-5,10H,2-3,8H2,1H3,(H,9,13)(H,11,12)/t4?,5-/m0/s1. The summed E-state index contributed by atoms with van der Waals surface area (Å²) in [6, 6.07) is -1.47. The molecule has 2 atom stereocenters. The fourth-order valence-corrected chi connectivity index (χ4v) is 0.676. The molecule has 6 nitrogen and oxygen atoms in total. The first-order valence-corrected chi connectivity index (χ1v) is 3.86.